The van der Waals surface area contributed by atoms with Crippen LogP contribution in [0, 0.1) is 21.4 Å². The quantitative estimate of drug-likeness (QED) is 0.593. The summed E-state index contributed by atoms with van der Waals surface area (Å²) >= 11 is 0. The van der Waals surface area contributed by atoms with Gasteiger partial charge in [0.25, 0.3) is 5.69 Å². The van der Waals surface area contributed by atoms with Crippen molar-refractivity contribution in [1.29, 1.82) is 5.26 Å². The molecule has 0 radical (unpaired) electrons. The van der Waals surface area contributed by atoms with Crippen LogP contribution in [-0.4, -0.2) is 41.4 Å². The van der Waals surface area contributed by atoms with Crippen LogP contribution in [0.1, 0.15) is 15.9 Å². The van der Waals surface area contributed by atoms with Gasteiger partial charge in [0.05, 0.1) is 11.0 Å². The van der Waals surface area contributed by atoms with E-state index in [0.29, 0.717) is 18.7 Å². The van der Waals surface area contributed by atoms with E-state index in [1.165, 1.54) is 18.2 Å². The highest BCUT2D eigenvalue weighted by Crippen LogP contribution is 2.23. The van der Waals surface area contributed by atoms with Gasteiger partial charge in [0.15, 0.2) is 0 Å². The molecule has 3 N–H and O–H groups in total. The average molecular weight is 289 g/mol. The van der Waals surface area contributed by atoms with Crippen molar-refractivity contribution in [2.75, 3.05) is 19.6 Å². The van der Waals surface area contributed by atoms with Crippen LogP contribution in [0.5, 0.6) is 0 Å². The van der Waals surface area contributed by atoms with Crippen LogP contribution in [0.4, 0.5) is 5.69 Å². The number of nitrogens with one attached hydrogen (secondary N) is 1. The Morgan fingerprint density at radius 1 is 1.62 bits per heavy atom. The number of nitro groups is 1. The van der Waals surface area contributed by atoms with Crippen LogP contribution in [0.2, 0.25) is 0 Å². The number of nitro benzene ring substituents is 1. The number of nitrogens with zero attached hydrogens (tertiary/aromatic N) is 3. The molecule has 1 fully saturated rings. The molecule has 1 atom stereocenters. The van der Waals surface area contributed by atoms with Crippen molar-refractivity contribution >= 4 is 11.6 Å². The molecule has 1 aromatic rings. The summed E-state index contributed by atoms with van der Waals surface area (Å²) in [7, 11) is 0. The van der Waals surface area contributed by atoms with E-state index in [9.17, 15) is 14.9 Å². The summed E-state index contributed by atoms with van der Waals surface area (Å²) in [5, 5.41) is 23.4. The number of amides is 1. The van der Waals surface area contributed by atoms with Gasteiger partial charge in [-0.15, -0.1) is 0 Å². The maximum atomic E-state index is 11.1. The van der Waals surface area contributed by atoms with Gasteiger partial charge >= 0.3 is 0 Å². The molecule has 8 nitrogen and oxygen atoms in total. The molecule has 8 heteroatoms. The molecule has 0 aliphatic carbocycles. The minimum atomic E-state index is -0.707. The normalized spacial score (nSPS) is 18.9. The number of carbonyl (C=O) groups is 1. The zero-order chi connectivity index (χ0) is 15.4. The van der Waals surface area contributed by atoms with Crippen LogP contribution in [0.15, 0.2) is 18.2 Å². The Morgan fingerprint density at radius 2 is 2.38 bits per heavy atom. The number of hydrogen-bond donors (Lipinski definition) is 2. The van der Waals surface area contributed by atoms with E-state index in [0.717, 1.165) is 6.54 Å². The molecule has 110 valence electrons. The third kappa shape index (κ3) is 3.34. The van der Waals surface area contributed by atoms with E-state index in [1.807, 2.05) is 4.90 Å². The number of primary amides is 1. The molecule has 1 saturated heterocycles. The van der Waals surface area contributed by atoms with Crippen molar-refractivity contribution in [2.24, 2.45) is 5.73 Å². The van der Waals surface area contributed by atoms with Crippen LogP contribution >= 0.6 is 0 Å². The summed E-state index contributed by atoms with van der Waals surface area (Å²) in [5.41, 5.74) is 5.55. The molecule has 1 aliphatic rings. The van der Waals surface area contributed by atoms with Gasteiger partial charge < -0.3 is 11.1 Å². The molecular formula is C13H15N5O3. The van der Waals surface area contributed by atoms with Crippen LogP contribution in [-0.2, 0) is 6.54 Å². The van der Waals surface area contributed by atoms with E-state index < -0.39 is 10.8 Å². The third-order valence-corrected chi connectivity index (χ3v) is 3.44. The monoisotopic (exact) mass is 289 g/mol. The lowest BCUT2D eigenvalue weighted by atomic mass is 10.1. The molecule has 2 rings (SSSR count). The van der Waals surface area contributed by atoms with Crippen LogP contribution in [0.25, 0.3) is 0 Å². The van der Waals surface area contributed by atoms with Gasteiger partial charge in [-0.3, -0.25) is 19.8 Å². The second kappa shape index (κ2) is 6.30. The van der Waals surface area contributed by atoms with Crippen molar-refractivity contribution in [3.63, 3.8) is 0 Å². The second-order valence-electron chi connectivity index (χ2n) is 4.78. The Kier molecular flexibility index (Phi) is 4.47. The standard InChI is InChI=1S/C13H15N5O3/c14-6-11-7-16-3-4-17(11)8-10-2-1-9(13(15)19)5-12(10)18(20)21/h1-2,5,11,16H,3-4,7-8H2,(H2,15,19). The van der Waals surface area contributed by atoms with Crippen LogP contribution < -0.4 is 11.1 Å². The highest BCUT2D eigenvalue weighted by atomic mass is 16.6. The Morgan fingerprint density at radius 3 is 3.00 bits per heavy atom. The number of nitriles is 1. The van der Waals surface area contributed by atoms with Crippen LogP contribution in [0.3, 0.4) is 0 Å². The number of hydrogen-bond acceptors (Lipinski definition) is 6. The molecule has 1 unspecified atom stereocenters. The van der Waals surface area contributed by atoms with E-state index in [2.05, 4.69) is 11.4 Å². The van der Waals surface area contributed by atoms with Gasteiger partial charge in [0, 0.05) is 43.4 Å². The van der Waals surface area contributed by atoms with Crippen molar-refractivity contribution < 1.29 is 9.72 Å². The molecular weight excluding hydrogens is 274 g/mol. The minimum absolute atomic E-state index is 0.0996. The maximum Gasteiger partial charge on any atom is 0.274 e. The smallest absolute Gasteiger partial charge is 0.274 e. The number of carbonyl (C=O) groups excluding carboxylic acids is 1. The lowest BCUT2D eigenvalue weighted by molar-refractivity contribution is -0.385. The van der Waals surface area contributed by atoms with Crippen molar-refractivity contribution in [3.8, 4) is 6.07 Å². The van der Waals surface area contributed by atoms with Gasteiger partial charge in [-0.2, -0.15) is 5.26 Å². The summed E-state index contributed by atoms with van der Waals surface area (Å²) in [5.74, 6) is -0.707. The fraction of sp³-hybridized carbons (Fsp3) is 0.385. The predicted octanol–water partition coefficient (Wildman–Crippen LogP) is -0.00892. The summed E-state index contributed by atoms with van der Waals surface area (Å²) < 4.78 is 0. The Bertz CT molecular complexity index is 610. The largest absolute Gasteiger partial charge is 0.366 e. The molecule has 0 bridgehead atoms. The summed E-state index contributed by atoms with van der Waals surface area (Å²) in [4.78, 5) is 23.6. The second-order valence-corrected chi connectivity index (χ2v) is 4.78. The topological polar surface area (TPSA) is 125 Å². The lowest BCUT2D eigenvalue weighted by Gasteiger charge is -2.31. The van der Waals surface area contributed by atoms with E-state index in [-0.39, 0.29) is 23.8 Å². The van der Waals surface area contributed by atoms with Crippen molar-refractivity contribution in [2.45, 2.75) is 12.6 Å². The highest BCUT2D eigenvalue weighted by Gasteiger charge is 2.25. The van der Waals surface area contributed by atoms with E-state index in [1.54, 1.807) is 0 Å². The molecule has 1 amide bonds. The first-order valence-electron chi connectivity index (χ1n) is 6.44. The number of benzene rings is 1. The lowest BCUT2D eigenvalue weighted by Crippen LogP contribution is -2.50. The van der Waals surface area contributed by atoms with Gasteiger partial charge in [0.2, 0.25) is 5.91 Å². The first-order chi connectivity index (χ1) is 10.0. The molecule has 1 aromatic carbocycles. The number of nitrogens with two attached hydrogens (primary N) is 1. The molecule has 0 aromatic heterocycles. The van der Waals surface area contributed by atoms with Gasteiger partial charge in [-0.25, -0.2) is 0 Å². The van der Waals surface area contributed by atoms with E-state index in [4.69, 9.17) is 11.0 Å². The SMILES string of the molecule is N#CC1CNCCN1Cc1ccc(C(N)=O)cc1[N+](=O)[O-]. The van der Waals surface area contributed by atoms with Gasteiger partial charge in [-0.05, 0) is 6.07 Å². The van der Waals surface area contributed by atoms with E-state index >= 15 is 0 Å². The Hall–Kier alpha value is -2.50. The number of piperazine rings is 1. The zero-order valence-electron chi connectivity index (χ0n) is 11.3. The first kappa shape index (κ1) is 14.9. The molecule has 21 heavy (non-hydrogen) atoms. The molecule has 0 saturated carbocycles. The van der Waals surface area contributed by atoms with Gasteiger partial charge in [-0.1, -0.05) is 6.07 Å². The summed E-state index contributed by atoms with van der Waals surface area (Å²) in [6.07, 6.45) is 0. The predicted molar refractivity (Wildman–Crippen MR) is 74.3 cm³/mol. The molecule has 1 heterocycles. The number of rotatable bonds is 4. The fourth-order valence-electron chi connectivity index (χ4n) is 2.30. The van der Waals surface area contributed by atoms with Crippen molar-refractivity contribution in [1.82, 2.24) is 10.2 Å². The summed E-state index contributed by atoms with van der Waals surface area (Å²) in [6.45, 7) is 2.18. The highest BCUT2D eigenvalue weighted by molar-refractivity contribution is 5.93. The zero-order valence-corrected chi connectivity index (χ0v) is 11.3. The maximum absolute atomic E-state index is 11.1. The summed E-state index contributed by atoms with van der Waals surface area (Å²) in [6, 6.07) is 6.02. The Balaban J connectivity index is 2.28. The fourth-order valence-corrected chi connectivity index (χ4v) is 2.30. The molecule has 0 spiro atoms. The van der Waals surface area contributed by atoms with Crippen molar-refractivity contribution in [3.05, 3.63) is 39.4 Å². The van der Waals surface area contributed by atoms with Gasteiger partial charge in [0.1, 0.15) is 6.04 Å². The minimum Gasteiger partial charge on any atom is -0.366 e. The molecule has 1 aliphatic heterocycles. The first-order valence-corrected chi connectivity index (χ1v) is 6.44. The Labute approximate surface area is 121 Å². The third-order valence-electron chi connectivity index (χ3n) is 3.44. The average Bonchev–Trinajstić information content (AvgIpc) is 2.47.